The van der Waals surface area contributed by atoms with Gasteiger partial charge in [-0.1, -0.05) is 0 Å². The quantitative estimate of drug-likeness (QED) is 0.746. The number of carbonyl (C=O) groups is 2. The number of halogens is 1. The molecule has 2 unspecified atom stereocenters. The van der Waals surface area contributed by atoms with Crippen LogP contribution in [0.2, 0.25) is 0 Å². The number of carboxylic acid groups (broad SMARTS) is 1. The molecule has 0 heterocycles. The predicted molar refractivity (Wildman–Crippen MR) is 58.5 cm³/mol. The van der Waals surface area contributed by atoms with Crippen molar-refractivity contribution < 1.29 is 23.8 Å². The van der Waals surface area contributed by atoms with Crippen molar-refractivity contribution in [1.29, 1.82) is 0 Å². The van der Waals surface area contributed by atoms with E-state index < -0.39 is 29.4 Å². The van der Waals surface area contributed by atoms with Crippen LogP contribution in [-0.4, -0.2) is 34.5 Å². The summed E-state index contributed by atoms with van der Waals surface area (Å²) in [6.07, 6.45) is -1.02. The molecule has 1 aliphatic rings. The van der Waals surface area contributed by atoms with Crippen LogP contribution in [0.3, 0.4) is 0 Å². The van der Waals surface area contributed by atoms with Crippen LogP contribution in [0.15, 0.2) is 0 Å². The third-order valence-electron chi connectivity index (χ3n) is 2.76. The monoisotopic (exact) mass is 247 g/mol. The van der Waals surface area contributed by atoms with Crippen LogP contribution in [-0.2, 0) is 9.53 Å². The Labute approximate surface area is 99.3 Å². The number of hydrogen-bond acceptors (Lipinski definition) is 3. The lowest BCUT2D eigenvalue weighted by molar-refractivity contribution is -0.148. The number of carbonyl (C=O) groups excluding carboxylic acids is 1. The number of amides is 1. The maximum atomic E-state index is 13.2. The average Bonchev–Trinajstić information content (AvgIpc) is 2.45. The molecule has 5 nitrogen and oxygen atoms in total. The van der Waals surface area contributed by atoms with E-state index in [2.05, 4.69) is 0 Å². The Morgan fingerprint density at radius 2 is 2.06 bits per heavy atom. The number of rotatable bonds is 3. The Morgan fingerprint density at radius 1 is 1.47 bits per heavy atom. The molecular weight excluding hydrogens is 229 g/mol. The molecule has 0 saturated heterocycles. The van der Waals surface area contributed by atoms with Gasteiger partial charge in [0.25, 0.3) is 0 Å². The molecule has 0 radical (unpaired) electrons. The topological polar surface area (TPSA) is 75.6 Å². The first-order valence-electron chi connectivity index (χ1n) is 5.56. The fourth-order valence-electron chi connectivity index (χ4n) is 2.17. The van der Waals surface area contributed by atoms with Gasteiger partial charge in [-0.15, -0.1) is 0 Å². The van der Waals surface area contributed by atoms with E-state index in [0.717, 1.165) is 0 Å². The van der Waals surface area contributed by atoms with Gasteiger partial charge in [0.05, 0.1) is 11.7 Å². The molecule has 1 amide bonds. The summed E-state index contributed by atoms with van der Waals surface area (Å²) in [5.74, 6) is 0. The highest BCUT2D eigenvalue weighted by atomic mass is 19.1. The normalized spacial score (nSPS) is 29.1. The van der Waals surface area contributed by atoms with Gasteiger partial charge in [-0.05, 0) is 40.0 Å². The van der Waals surface area contributed by atoms with E-state index in [1.165, 1.54) is 0 Å². The summed E-state index contributed by atoms with van der Waals surface area (Å²) in [5, 5.41) is 10.7. The molecule has 0 bridgehead atoms. The Morgan fingerprint density at radius 3 is 2.47 bits per heavy atom. The van der Waals surface area contributed by atoms with Crippen molar-refractivity contribution in [2.45, 2.75) is 57.3 Å². The SMILES string of the molecule is CC(C)(C)OC1CCCC1(NC(=O)O)C(=O)F. The molecule has 17 heavy (non-hydrogen) atoms. The van der Waals surface area contributed by atoms with Crippen LogP contribution in [0.25, 0.3) is 0 Å². The van der Waals surface area contributed by atoms with Gasteiger partial charge in [0.2, 0.25) is 0 Å². The van der Waals surface area contributed by atoms with Gasteiger partial charge >= 0.3 is 12.1 Å². The van der Waals surface area contributed by atoms with Crippen molar-refractivity contribution >= 4 is 12.1 Å². The maximum Gasteiger partial charge on any atom is 0.405 e. The summed E-state index contributed by atoms with van der Waals surface area (Å²) in [4.78, 5) is 21.8. The zero-order valence-corrected chi connectivity index (χ0v) is 10.2. The molecule has 0 aromatic carbocycles. The smallest absolute Gasteiger partial charge is 0.405 e. The Balaban J connectivity index is 2.94. The van der Waals surface area contributed by atoms with Gasteiger partial charge in [-0.25, -0.2) is 4.79 Å². The fraction of sp³-hybridized carbons (Fsp3) is 0.818. The summed E-state index contributed by atoms with van der Waals surface area (Å²) in [5.41, 5.74) is -2.30. The molecule has 0 aromatic rings. The second-order valence-electron chi connectivity index (χ2n) is 5.29. The van der Waals surface area contributed by atoms with Crippen molar-refractivity contribution in [3.8, 4) is 0 Å². The minimum absolute atomic E-state index is 0.134. The van der Waals surface area contributed by atoms with Crippen LogP contribution in [0.4, 0.5) is 9.18 Å². The van der Waals surface area contributed by atoms with E-state index >= 15 is 0 Å². The van der Waals surface area contributed by atoms with Crippen LogP contribution in [0, 0.1) is 0 Å². The van der Waals surface area contributed by atoms with E-state index in [4.69, 9.17) is 9.84 Å². The highest BCUT2D eigenvalue weighted by Crippen LogP contribution is 2.36. The Hall–Kier alpha value is -1.17. The van der Waals surface area contributed by atoms with Crippen molar-refractivity contribution in [1.82, 2.24) is 5.32 Å². The summed E-state index contributed by atoms with van der Waals surface area (Å²) in [6.45, 7) is 5.33. The lowest BCUT2D eigenvalue weighted by Crippen LogP contribution is -2.59. The van der Waals surface area contributed by atoms with Gasteiger partial charge < -0.3 is 15.2 Å². The summed E-state index contributed by atoms with van der Waals surface area (Å²) in [6, 6.07) is -1.67. The van der Waals surface area contributed by atoms with Gasteiger partial charge in [0, 0.05) is 0 Å². The molecule has 0 aliphatic heterocycles. The highest BCUT2D eigenvalue weighted by Gasteiger charge is 2.52. The maximum absolute atomic E-state index is 13.2. The zero-order valence-electron chi connectivity index (χ0n) is 10.2. The molecule has 1 aliphatic carbocycles. The van der Waals surface area contributed by atoms with E-state index in [-0.39, 0.29) is 6.42 Å². The van der Waals surface area contributed by atoms with Gasteiger partial charge in [-0.2, -0.15) is 4.39 Å². The molecule has 2 atom stereocenters. The van der Waals surface area contributed by atoms with Crippen molar-refractivity contribution in [2.75, 3.05) is 0 Å². The lowest BCUT2D eigenvalue weighted by Gasteiger charge is -2.35. The number of hydrogen-bond donors (Lipinski definition) is 2. The number of nitrogens with one attached hydrogen (secondary N) is 1. The molecule has 1 saturated carbocycles. The molecule has 1 rings (SSSR count). The molecule has 98 valence electrons. The lowest BCUT2D eigenvalue weighted by atomic mass is 9.95. The fourth-order valence-corrected chi connectivity index (χ4v) is 2.17. The Kier molecular flexibility index (Phi) is 3.76. The van der Waals surface area contributed by atoms with Crippen LogP contribution in [0.5, 0.6) is 0 Å². The predicted octanol–water partition coefficient (Wildman–Crippen LogP) is 1.86. The van der Waals surface area contributed by atoms with Crippen molar-refractivity contribution in [2.24, 2.45) is 0 Å². The van der Waals surface area contributed by atoms with E-state index in [1.807, 2.05) is 5.32 Å². The molecule has 1 fully saturated rings. The van der Waals surface area contributed by atoms with Gasteiger partial charge in [0.15, 0.2) is 5.54 Å². The van der Waals surface area contributed by atoms with E-state index in [1.54, 1.807) is 20.8 Å². The third kappa shape index (κ3) is 3.15. The molecule has 0 aromatic heterocycles. The minimum Gasteiger partial charge on any atom is -0.465 e. The molecule has 0 spiro atoms. The molecule has 6 heteroatoms. The first-order valence-corrected chi connectivity index (χ1v) is 5.56. The zero-order chi connectivity index (χ0) is 13.3. The van der Waals surface area contributed by atoms with Gasteiger partial charge in [0.1, 0.15) is 0 Å². The second-order valence-corrected chi connectivity index (χ2v) is 5.29. The molecular formula is C11H18FNO4. The standard InChI is InChI=1S/C11H18FNO4/c1-10(2,3)17-7-5-4-6-11(7,8(12)14)13-9(15)16/h7,13H,4-6H2,1-3H3,(H,15,16). The van der Waals surface area contributed by atoms with E-state index in [0.29, 0.717) is 12.8 Å². The largest absolute Gasteiger partial charge is 0.465 e. The summed E-state index contributed by atoms with van der Waals surface area (Å²) >= 11 is 0. The minimum atomic E-state index is -1.74. The Bertz CT molecular complexity index is 326. The number of ether oxygens (including phenoxy) is 1. The van der Waals surface area contributed by atoms with Crippen molar-refractivity contribution in [3.63, 3.8) is 0 Å². The van der Waals surface area contributed by atoms with Crippen LogP contribution in [0.1, 0.15) is 40.0 Å². The second kappa shape index (κ2) is 4.60. The first kappa shape index (κ1) is 13.9. The van der Waals surface area contributed by atoms with Crippen LogP contribution >= 0.6 is 0 Å². The third-order valence-corrected chi connectivity index (χ3v) is 2.76. The summed E-state index contributed by atoms with van der Waals surface area (Å²) < 4.78 is 18.8. The summed E-state index contributed by atoms with van der Waals surface area (Å²) in [7, 11) is 0. The highest BCUT2D eigenvalue weighted by molar-refractivity contribution is 5.85. The van der Waals surface area contributed by atoms with Crippen molar-refractivity contribution in [3.05, 3.63) is 0 Å². The average molecular weight is 247 g/mol. The van der Waals surface area contributed by atoms with E-state index in [9.17, 15) is 14.0 Å². The first-order chi connectivity index (χ1) is 7.67. The molecule has 2 N–H and O–H groups in total. The van der Waals surface area contributed by atoms with Crippen LogP contribution < -0.4 is 5.32 Å². The van der Waals surface area contributed by atoms with Gasteiger partial charge in [-0.3, -0.25) is 4.79 Å².